The summed E-state index contributed by atoms with van der Waals surface area (Å²) in [5.41, 5.74) is 2.36. The number of ether oxygens (including phenoxy) is 2. The van der Waals surface area contributed by atoms with Gasteiger partial charge in [-0.2, -0.15) is 5.26 Å². The standard InChI is InChI=1S/C24H25N3O4/c1-17-4-8-20(9-5-17)27-24(29)19(14-25)13-18-6-10-21(11-7-18)31-16-23(28)26-15-22-3-2-12-30-22/h4-11,13,22H,2-3,12,15-16H2,1H3,(H,26,28)(H,27,29)/b19-13+/t22-/m1/s1. The molecule has 1 aliphatic rings. The number of benzene rings is 2. The highest BCUT2D eigenvalue weighted by Gasteiger charge is 2.16. The van der Waals surface area contributed by atoms with Crippen LogP contribution in [-0.2, 0) is 14.3 Å². The van der Waals surface area contributed by atoms with Gasteiger partial charge in [0, 0.05) is 18.8 Å². The zero-order chi connectivity index (χ0) is 22.1. The number of nitrogens with zero attached hydrogens (tertiary/aromatic N) is 1. The van der Waals surface area contributed by atoms with E-state index in [0.717, 1.165) is 25.0 Å². The molecule has 0 bridgehead atoms. The van der Waals surface area contributed by atoms with Gasteiger partial charge in [-0.25, -0.2) is 0 Å². The maximum atomic E-state index is 12.4. The van der Waals surface area contributed by atoms with Gasteiger partial charge in [-0.1, -0.05) is 29.8 Å². The van der Waals surface area contributed by atoms with Gasteiger partial charge in [0.15, 0.2) is 6.61 Å². The molecular formula is C24H25N3O4. The molecule has 31 heavy (non-hydrogen) atoms. The number of aryl methyl sites for hydroxylation is 1. The van der Waals surface area contributed by atoms with Gasteiger partial charge in [-0.05, 0) is 55.7 Å². The van der Waals surface area contributed by atoms with E-state index in [0.29, 0.717) is 23.5 Å². The molecule has 0 radical (unpaired) electrons. The molecule has 0 unspecified atom stereocenters. The predicted octanol–water partition coefficient (Wildman–Crippen LogP) is 3.21. The average molecular weight is 419 g/mol. The van der Waals surface area contributed by atoms with Crippen LogP contribution < -0.4 is 15.4 Å². The number of rotatable bonds is 8. The van der Waals surface area contributed by atoms with E-state index in [2.05, 4.69) is 10.6 Å². The van der Waals surface area contributed by atoms with Crippen molar-refractivity contribution in [3.8, 4) is 11.8 Å². The second-order valence-corrected chi connectivity index (χ2v) is 7.29. The van der Waals surface area contributed by atoms with E-state index in [1.165, 1.54) is 6.08 Å². The van der Waals surface area contributed by atoms with Gasteiger partial charge in [0.05, 0.1) is 6.10 Å². The number of nitriles is 1. The summed E-state index contributed by atoms with van der Waals surface area (Å²) in [6, 6.07) is 16.1. The van der Waals surface area contributed by atoms with E-state index < -0.39 is 5.91 Å². The first-order chi connectivity index (χ1) is 15.0. The molecule has 160 valence electrons. The lowest BCUT2D eigenvalue weighted by atomic mass is 10.1. The van der Waals surface area contributed by atoms with Crippen molar-refractivity contribution in [1.29, 1.82) is 5.26 Å². The van der Waals surface area contributed by atoms with Gasteiger partial charge in [-0.15, -0.1) is 0 Å². The third kappa shape index (κ3) is 6.98. The van der Waals surface area contributed by atoms with Crippen molar-refractivity contribution < 1.29 is 19.1 Å². The van der Waals surface area contributed by atoms with E-state index in [-0.39, 0.29) is 24.2 Å². The van der Waals surface area contributed by atoms with Crippen LogP contribution in [-0.4, -0.2) is 37.7 Å². The number of hydrogen-bond acceptors (Lipinski definition) is 5. The van der Waals surface area contributed by atoms with Gasteiger partial charge in [0.2, 0.25) is 0 Å². The Balaban J connectivity index is 1.51. The minimum absolute atomic E-state index is 0.0113. The van der Waals surface area contributed by atoms with Gasteiger partial charge < -0.3 is 20.1 Å². The predicted molar refractivity (Wildman–Crippen MR) is 117 cm³/mol. The average Bonchev–Trinajstić information content (AvgIpc) is 3.30. The fraction of sp³-hybridized carbons (Fsp3) is 0.292. The Morgan fingerprint density at radius 1 is 1.19 bits per heavy atom. The molecule has 0 aromatic heterocycles. The molecule has 2 N–H and O–H groups in total. The maximum absolute atomic E-state index is 12.4. The van der Waals surface area contributed by atoms with Crippen LogP contribution in [0.3, 0.4) is 0 Å². The first kappa shape index (κ1) is 22.1. The Kier molecular flexibility index (Phi) is 7.79. The number of amides is 2. The summed E-state index contributed by atoms with van der Waals surface area (Å²) in [6.07, 6.45) is 3.58. The van der Waals surface area contributed by atoms with Crippen LogP contribution in [0.4, 0.5) is 5.69 Å². The molecule has 2 aromatic rings. The van der Waals surface area contributed by atoms with E-state index in [1.807, 2.05) is 25.1 Å². The van der Waals surface area contributed by atoms with Crippen LogP contribution in [0, 0.1) is 18.3 Å². The number of carbonyl (C=O) groups is 2. The molecular weight excluding hydrogens is 394 g/mol. The molecule has 1 heterocycles. The molecule has 2 aromatic carbocycles. The molecule has 3 rings (SSSR count). The van der Waals surface area contributed by atoms with Crippen LogP contribution >= 0.6 is 0 Å². The molecule has 7 nitrogen and oxygen atoms in total. The first-order valence-electron chi connectivity index (χ1n) is 10.1. The molecule has 1 aliphatic heterocycles. The number of carbonyl (C=O) groups excluding carboxylic acids is 2. The lowest BCUT2D eigenvalue weighted by molar-refractivity contribution is -0.123. The zero-order valence-electron chi connectivity index (χ0n) is 17.4. The SMILES string of the molecule is Cc1ccc(NC(=O)/C(C#N)=C/c2ccc(OCC(=O)NC[C@H]3CCCO3)cc2)cc1. The third-order valence-corrected chi connectivity index (χ3v) is 4.79. The lowest BCUT2D eigenvalue weighted by Crippen LogP contribution is -2.35. The highest BCUT2D eigenvalue weighted by atomic mass is 16.5. The maximum Gasteiger partial charge on any atom is 0.266 e. The molecule has 2 amide bonds. The highest BCUT2D eigenvalue weighted by Crippen LogP contribution is 2.16. The fourth-order valence-corrected chi connectivity index (χ4v) is 3.04. The Bertz CT molecular complexity index is 969. The quantitative estimate of drug-likeness (QED) is 0.505. The van der Waals surface area contributed by atoms with Crippen LogP contribution in [0.25, 0.3) is 6.08 Å². The van der Waals surface area contributed by atoms with Crippen LogP contribution in [0.2, 0.25) is 0 Å². The van der Waals surface area contributed by atoms with E-state index in [1.54, 1.807) is 36.4 Å². The molecule has 1 saturated heterocycles. The van der Waals surface area contributed by atoms with Gasteiger partial charge in [-0.3, -0.25) is 9.59 Å². The topological polar surface area (TPSA) is 100 Å². The largest absolute Gasteiger partial charge is 0.484 e. The lowest BCUT2D eigenvalue weighted by Gasteiger charge is -2.11. The zero-order valence-corrected chi connectivity index (χ0v) is 17.4. The monoisotopic (exact) mass is 419 g/mol. The molecule has 0 spiro atoms. The van der Waals surface area contributed by atoms with E-state index >= 15 is 0 Å². The van der Waals surface area contributed by atoms with Crippen molar-refractivity contribution in [2.45, 2.75) is 25.9 Å². The van der Waals surface area contributed by atoms with Crippen molar-refractivity contribution in [3.63, 3.8) is 0 Å². The summed E-state index contributed by atoms with van der Waals surface area (Å²) in [7, 11) is 0. The number of anilines is 1. The van der Waals surface area contributed by atoms with E-state index in [9.17, 15) is 14.9 Å². The summed E-state index contributed by atoms with van der Waals surface area (Å²) in [5.74, 6) is -0.166. The third-order valence-electron chi connectivity index (χ3n) is 4.79. The Labute approximate surface area is 181 Å². The molecule has 1 fully saturated rings. The summed E-state index contributed by atoms with van der Waals surface area (Å²) in [4.78, 5) is 24.2. The Morgan fingerprint density at radius 3 is 2.58 bits per heavy atom. The van der Waals surface area contributed by atoms with Crippen molar-refractivity contribution in [1.82, 2.24) is 5.32 Å². The van der Waals surface area contributed by atoms with Crippen molar-refractivity contribution in [2.24, 2.45) is 0 Å². The van der Waals surface area contributed by atoms with Gasteiger partial charge >= 0.3 is 0 Å². The summed E-state index contributed by atoms with van der Waals surface area (Å²) < 4.78 is 11.0. The minimum Gasteiger partial charge on any atom is -0.484 e. The molecule has 7 heteroatoms. The Hall–Kier alpha value is -3.63. The molecule has 1 atom stereocenters. The molecule has 0 saturated carbocycles. The smallest absolute Gasteiger partial charge is 0.266 e. The second-order valence-electron chi connectivity index (χ2n) is 7.29. The van der Waals surface area contributed by atoms with Gasteiger partial charge in [0.25, 0.3) is 11.8 Å². The second kappa shape index (κ2) is 11.0. The normalized spacial score (nSPS) is 15.7. The Morgan fingerprint density at radius 2 is 1.94 bits per heavy atom. The van der Waals surface area contributed by atoms with Crippen molar-refractivity contribution in [3.05, 3.63) is 65.2 Å². The van der Waals surface area contributed by atoms with Gasteiger partial charge in [0.1, 0.15) is 17.4 Å². The number of nitrogens with one attached hydrogen (secondary N) is 2. The summed E-state index contributed by atoms with van der Waals surface area (Å²) in [6.45, 7) is 3.11. The summed E-state index contributed by atoms with van der Waals surface area (Å²) >= 11 is 0. The van der Waals surface area contributed by atoms with Crippen LogP contribution in [0.15, 0.2) is 54.1 Å². The highest BCUT2D eigenvalue weighted by molar-refractivity contribution is 6.09. The number of hydrogen-bond donors (Lipinski definition) is 2. The fourth-order valence-electron chi connectivity index (χ4n) is 3.04. The molecule has 0 aliphatic carbocycles. The van der Waals surface area contributed by atoms with Crippen LogP contribution in [0.5, 0.6) is 5.75 Å². The van der Waals surface area contributed by atoms with Crippen LogP contribution in [0.1, 0.15) is 24.0 Å². The van der Waals surface area contributed by atoms with Crippen molar-refractivity contribution >= 4 is 23.6 Å². The van der Waals surface area contributed by atoms with Crippen molar-refractivity contribution in [2.75, 3.05) is 25.1 Å². The summed E-state index contributed by atoms with van der Waals surface area (Å²) in [5, 5.41) is 14.9. The minimum atomic E-state index is -0.477. The van der Waals surface area contributed by atoms with E-state index in [4.69, 9.17) is 9.47 Å². The first-order valence-corrected chi connectivity index (χ1v) is 10.1.